The third-order valence-electron chi connectivity index (χ3n) is 3.58. The summed E-state index contributed by atoms with van der Waals surface area (Å²) >= 11 is 0. The summed E-state index contributed by atoms with van der Waals surface area (Å²) in [5.74, 6) is 0.150. The van der Waals surface area contributed by atoms with Crippen LogP contribution in [-0.2, 0) is 0 Å². The molecule has 1 unspecified atom stereocenters. The van der Waals surface area contributed by atoms with Gasteiger partial charge in [-0.3, -0.25) is 14.5 Å². The monoisotopic (exact) mass is 267 g/mol. The van der Waals surface area contributed by atoms with Crippen LogP contribution in [0.4, 0.5) is 0 Å². The average Bonchev–Trinajstić information content (AvgIpc) is 2.71. The summed E-state index contributed by atoms with van der Waals surface area (Å²) in [6.07, 6.45) is 4.21. The Morgan fingerprint density at radius 3 is 2.95 bits per heavy atom. The number of hydrogen-bond acceptors (Lipinski definition) is 5. The lowest BCUT2D eigenvalue weighted by Crippen LogP contribution is -2.45. The van der Waals surface area contributed by atoms with Gasteiger partial charge in [-0.2, -0.15) is 0 Å². The molecule has 0 radical (unpaired) electrons. The molecule has 19 heavy (non-hydrogen) atoms. The molecule has 2 heterocycles. The molecule has 2 rings (SSSR count). The molecule has 1 aromatic heterocycles. The van der Waals surface area contributed by atoms with Gasteiger partial charge in [0.05, 0.1) is 6.54 Å². The zero-order valence-electron chi connectivity index (χ0n) is 11.3. The fourth-order valence-corrected chi connectivity index (χ4v) is 2.65. The molecule has 1 fully saturated rings. The molecular weight excluding hydrogens is 246 g/mol. The van der Waals surface area contributed by atoms with Gasteiger partial charge in [-0.25, -0.2) is 0 Å². The van der Waals surface area contributed by atoms with Gasteiger partial charge in [-0.05, 0) is 39.3 Å². The SMILES string of the molecule is Cc1cc(=O)n(C(=O)CN2CCCCC2CCN)o1. The van der Waals surface area contributed by atoms with Gasteiger partial charge in [0.1, 0.15) is 5.76 Å². The third kappa shape index (κ3) is 3.33. The normalized spacial score (nSPS) is 20.6. The van der Waals surface area contributed by atoms with Gasteiger partial charge in [-0.1, -0.05) is 6.42 Å². The number of nitrogens with zero attached hydrogens (tertiary/aromatic N) is 2. The Morgan fingerprint density at radius 1 is 1.53 bits per heavy atom. The Bertz CT molecular complexity index is 490. The van der Waals surface area contributed by atoms with Crippen LogP contribution in [0.5, 0.6) is 0 Å². The van der Waals surface area contributed by atoms with Gasteiger partial charge in [0.2, 0.25) is 0 Å². The van der Waals surface area contributed by atoms with E-state index in [0.717, 1.165) is 30.5 Å². The number of aryl methyl sites for hydroxylation is 1. The molecule has 1 aliphatic heterocycles. The van der Waals surface area contributed by atoms with E-state index < -0.39 is 5.56 Å². The first-order valence-electron chi connectivity index (χ1n) is 6.79. The first kappa shape index (κ1) is 14.0. The molecule has 0 spiro atoms. The van der Waals surface area contributed by atoms with E-state index >= 15 is 0 Å². The molecule has 1 atom stereocenters. The van der Waals surface area contributed by atoms with Crippen LogP contribution in [0.15, 0.2) is 15.4 Å². The Balaban J connectivity index is 2.04. The minimum absolute atomic E-state index is 0.220. The van der Waals surface area contributed by atoms with Crippen LogP contribution in [-0.4, -0.2) is 41.2 Å². The van der Waals surface area contributed by atoms with E-state index in [4.69, 9.17) is 10.3 Å². The van der Waals surface area contributed by atoms with E-state index in [1.807, 2.05) is 0 Å². The summed E-state index contributed by atoms with van der Waals surface area (Å²) in [7, 11) is 0. The summed E-state index contributed by atoms with van der Waals surface area (Å²) in [6, 6.07) is 1.67. The zero-order chi connectivity index (χ0) is 13.8. The number of aromatic nitrogens is 1. The lowest BCUT2D eigenvalue weighted by atomic mass is 9.99. The van der Waals surface area contributed by atoms with Crippen molar-refractivity contribution in [2.75, 3.05) is 19.6 Å². The van der Waals surface area contributed by atoms with Crippen molar-refractivity contribution in [3.8, 4) is 0 Å². The number of carbonyl (C=O) groups is 1. The Kier molecular flexibility index (Phi) is 4.55. The highest BCUT2D eigenvalue weighted by Crippen LogP contribution is 2.18. The Morgan fingerprint density at radius 2 is 2.32 bits per heavy atom. The van der Waals surface area contributed by atoms with Crippen molar-refractivity contribution in [3.63, 3.8) is 0 Å². The molecule has 106 valence electrons. The van der Waals surface area contributed by atoms with Gasteiger partial charge in [0.25, 0.3) is 11.5 Å². The van der Waals surface area contributed by atoms with Crippen molar-refractivity contribution in [2.24, 2.45) is 5.73 Å². The second-order valence-electron chi connectivity index (χ2n) is 5.07. The smallest absolute Gasteiger partial charge is 0.290 e. The maximum Gasteiger partial charge on any atom is 0.290 e. The molecule has 6 heteroatoms. The number of piperidine rings is 1. The molecule has 1 aromatic rings. The number of carbonyl (C=O) groups excluding carboxylic acids is 1. The highest BCUT2D eigenvalue weighted by atomic mass is 16.5. The molecule has 0 saturated carbocycles. The van der Waals surface area contributed by atoms with Crippen molar-refractivity contribution in [1.29, 1.82) is 0 Å². The lowest BCUT2D eigenvalue weighted by molar-refractivity contribution is 0.0630. The molecule has 1 aliphatic rings. The second kappa shape index (κ2) is 6.16. The highest BCUT2D eigenvalue weighted by Gasteiger charge is 2.25. The second-order valence-corrected chi connectivity index (χ2v) is 5.07. The average molecular weight is 267 g/mol. The molecule has 0 aliphatic carbocycles. The lowest BCUT2D eigenvalue weighted by Gasteiger charge is -2.34. The number of hydrogen-bond donors (Lipinski definition) is 1. The largest absolute Gasteiger partial charge is 0.373 e. The van der Waals surface area contributed by atoms with E-state index in [1.54, 1.807) is 6.92 Å². The van der Waals surface area contributed by atoms with Crippen LogP contribution in [0.3, 0.4) is 0 Å². The van der Waals surface area contributed by atoms with E-state index in [1.165, 1.54) is 12.5 Å². The molecular formula is C13H21N3O3. The summed E-state index contributed by atoms with van der Waals surface area (Å²) in [4.78, 5) is 25.7. The van der Waals surface area contributed by atoms with Crippen molar-refractivity contribution < 1.29 is 9.32 Å². The summed E-state index contributed by atoms with van der Waals surface area (Å²) in [5.41, 5.74) is 5.21. The van der Waals surface area contributed by atoms with E-state index in [0.29, 0.717) is 18.3 Å². The van der Waals surface area contributed by atoms with Gasteiger partial charge < -0.3 is 10.3 Å². The maximum absolute atomic E-state index is 12.1. The Hall–Kier alpha value is -1.40. The van der Waals surface area contributed by atoms with Crippen LogP contribution < -0.4 is 11.3 Å². The summed E-state index contributed by atoms with van der Waals surface area (Å²) in [5, 5.41) is 0. The number of likely N-dealkylation sites (tertiary alicyclic amines) is 1. The molecule has 0 aromatic carbocycles. The third-order valence-corrected chi connectivity index (χ3v) is 3.58. The highest BCUT2D eigenvalue weighted by molar-refractivity contribution is 5.79. The topological polar surface area (TPSA) is 81.5 Å². The summed E-state index contributed by atoms with van der Waals surface area (Å²) < 4.78 is 5.97. The number of rotatable bonds is 4. The maximum atomic E-state index is 12.1. The van der Waals surface area contributed by atoms with Gasteiger partial charge in [0.15, 0.2) is 0 Å². The minimum Gasteiger partial charge on any atom is -0.373 e. The minimum atomic E-state index is -0.394. The fraction of sp³-hybridized carbons (Fsp3) is 0.692. The van der Waals surface area contributed by atoms with Crippen LogP contribution in [0.1, 0.15) is 36.2 Å². The fourth-order valence-electron chi connectivity index (χ4n) is 2.65. The molecule has 1 saturated heterocycles. The van der Waals surface area contributed by atoms with Crippen LogP contribution >= 0.6 is 0 Å². The quantitative estimate of drug-likeness (QED) is 0.863. The zero-order valence-corrected chi connectivity index (χ0v) is 11.3. The molecule has 0 bridgehead atoms. The van der Waals surface area contributed by atoms with E-state index in [2.05, 4.69) is 4.90 Å². The van der Waals surface area contributed by atoms with Gasteiger partial charge >= 0.3 is 0 Å². The predicted molar refractivity (Wildman–Crippen MR) is 71.2 cm³/mol. The molecule has 2 N–H and O–H groups in total. The van der Waals surface area contributed by atoms with Crippen LogP contribution in [0, 0.1) is 6.92 Å². The van der Waals surface area contributed by atoms with Gasteiger partial charge in [-0.15, -0.1) is 4.74 Å². The first-order valence-corrected chi connectivity index (χ1v) is 6.79. The summed E-state index contributed by atoms with van der Waals surface area (Å²) in [6.45, 7) is 3.38. The van der Waals surface area contributed by atoms with Crippen LogP contribution in [0.25, 0.3) is 0 Å². The predicted octanol–water partition coefficient (Wildman–Crippen LogP) is 0.593. The van der Waals surface area contributed by atoms with E-state index in [-0.39, 0.29) is 12.5 Å². The standard InChI is InChI=1S/C13H21N3O3/c1-10-8-12(17)16(19-10)13(18)9-15-7-3-2-4-11(15)5-6-14/h8,11H,2-7,9,14H2,1H3. The Labute approximate surface area is 112 Å². The van der Waals surface area contributed by atoms with Crippen molar-refractivity contribution in [3.05, 3.63) is 22.2 Å². The van der Waals surface area contributed by atoms with Crippen molar-refractivity contribution in [1.82, 2.24) is 9.64 Å². The first-order chi connectivity index (χ1) is 9.11. The molecule has 6 nitrogen and oxygen atoms in total. The molecule has 0 amide bonds. The van der Waals surface area contributed by atoms with Crippen LogP contribution in [0.2, 0.25) is 0 Å². The van der Waals surface area contributed by atoms with Crippen molar-refractivity contribution in [2.45, 2.75) is 38.6 Å². The number of nitrogens with two attached hydrogens (primary N) is 1. The van der Waals surface area contributed by atoms with E-state index in [9.17, 15) is 9.59 Å². The van der Waals surface area contributed by atoms with Crippen molar-refractivity contribution >= 4 is 5.91 Å². The van der Waals surface area contributed by atoms with Gasteiger partial charge in [0, 0.05) is 12.1 Å².